The summed E-state index contributed by atoms with van der Waals surface area (Å²) >= 11 is 5.60. The largest absolute Gasteiger partial charge is 0.508 e. The van der Waals surface area contributed by atoms with Gasteiger partial charge in [-0.3, -0.25) is 0 Å². The number of hydrogen-bond acceptors (Lipinski definition) is 21. The summed E-state index contributed by atoms with van der Waals surface area (Å²) in [6.07, 6.45) is 21.3. The van der Waals surface area contributed by atoms with Crippen molar-refractivity contribution in [2.24, 2.45) is 0 Å². The number of carbonyl (C=O) groups excluding carboxylic acids is 2. The molecule has 5 N–H and O–H groups in total. The van der Waals surface area contributed by atoms with Crippen LogP contribution in [0.25, 0.3) is 28.4 Å². The van der Waals surface area contributed by atoms with E-state index < -0.39 is 5.97 Å². The molecule has 3 aliphatic heterocycles. The minimum atomic E-state index is -0.411. The van der Waals surface area contributed by atoms with E-state index in [-0.39, 0.29) is 36.8 Å². The normalized spacial score (nSPS) is 16.5. The molecule has 0 spiro atoms. The molecule has 2 aliphatic carbocycles. The first kappa shape index (κ1) is 94.9. The van der Waals surface area contributed by atoms with Crippen molar-refractivity contribution in [3.05, 3.63) is 209 Å². The third-order valence-electron chi connectivity index (χ3n) is 21.8. The van der Waals surface area contributed by atoms with Crippen molar-refractivity contribution in [1.82, 2.24) is 63.6 Å². The van der Waals surface area contributed by atoms with Crippen molar-refractivity contribution >= 4 is 23.5 Å². The van der Waals surface area contributed by atoms with Gasteiger partial charge in [0, 0.05) is 37.1 Å². The van der Waals surface area contributed by atoms with Crippen LogP contribution in [-0.2, 0) is 34.0 Å². The molecule has 10 aromatic rings. The minimum Gasteiger partial charge on any atom is -0.508 e. The monoisotopic (exact) mass is 1680 g/mol. The van der Waals surface area contributed by atoms with Gasteiger partial charge in [-0.15, -0.1) is 11.6 Å². The second-order valence-corrected chi connectivity index (χ2v) is 31.8. The van der Waals surface area contributed by atoms with E-state index >= 15 is 0 Å². The Morgan fingerprint density at radius 2 is 0.744 bits per heavy atom. The van der Waals surface area contributed by atoms with Gasteiger partial charge in [0.2, 0.25) is 0 Å². The van der Waals surface area contributed by atoms with Gasteiger partial charge in [0.05, 0.1) is 140 Å². The lowest BCUT2D eigenvalue weighted by Gasteiger charge is -2.20. The van der Waals surface area contributed by atoms with Crippen LogP contribution in [0.4, 0.5) is 0 Å². The minimum absolute atomic E-state index is 0.0198. The van der Waals surface area contributed by atoms with E-state index in [4.69, 9.17) is 55.3 Å². The summed E-state index contributed by atoms with van der Waals surface area (Å²) in [5.41, 5.74) is 12.0. The van der Waals surface area contributed by atoms with Crippen LogP contribution in [0, 0.1) is 34.6 Å². The van der Waals surface area contributed by atoms with Gasteiger partial charge in [-0.05, 0) is 331 Å². The number of aliphatic hydroxyl groups is 3. The number of phenolic OH excluding ortho intramolecular Hbond substituents is 2. The standard InChI is InChI=1S/C24H35N3O2.C19H27N3O2.C14H16N2O3.C13H14N2O3.C11H12N2O2.C8H16ClN.C5H10O/c1-19-17-22(18-29-23-8-3-4-9-23)27(25-19)21-10-12-24(13-11-21)28-16-6-15-26-14-5-7-20(26)2;1-15-13-18(14-23)22(20-15)17-6-8-19(9-7-17)24-12-4-11-21-10-3-5-16(21)2;1-4-19-14(17)13-9-10(2)15-16(13)11-5-7-12(18-3)8-6-11;1-3-18-13(17)12-8-9(2)14-15(12)10-4-6-11(16)7-5-10;1-8-6-10(7-14)13(12-8)9-2-4-11(15)5-3-9;1-8-4-2-6-10(8)7-3-5-9;6-5-3-1-2-4-5/h10-13,17,20,23H,3-9,14-16,18H2,1-2H3;6-9,13,16,23H,3-5,10-12,14H2,1-2H3;5-9H,4H2,1-3H3;4-8,16H,3H2,1-2H3;2-6,14-15H,7H2,1H3;8H,2-7H2,1H3;5-6H,1-4H2. The second kappa shape index (κ2) is 49.9. The van der Waals surface area contributed by atoms with Gasteiger partial charge in [0.25, 0.3) is 0 Å². The number of hydrogen-bond donors (Lipinski definition) is 5. The lowest BCUT2D eigenvalue weighted by Crippen LogP contribution is -2.28. The highest BCUT2D eigenvalue weighted by atomic mass is 35.5. The van der Waals surface area contributed by atoms with Crippen molar-refractivity contribution in [1.29, 1.82) is 0 Å². The number of ether oxygens (including phenoxy) is 6. The molecule has 5 aliphatic rings. The van der Waals surface area contributed by atoms with Crippen LogP contribution >= 0.6 is 11.6 Å². The number of aromatic hydroxyl groups is 2. The fourth-order valence-electron chi connectivity index (χ4n) is 15.3. The molecular formula is C94H130ClN13O13. The van der Waals surface area contributed by atoms with Crippen LogP contribution in [0.3, 0.4) is 0 Å². The van der Waals surface area contributed by atoms with E-state index in [2.05, 4.69) is 79.2 Å². The van der Waals surface area contributed by atoms with E-state index in [1.54, 1.807) is 103 Å². The van der Waals surface area contributed by atoms with E-state index in [1.165, 1.54) is 108 Å². The Morgan fingerprint density at radius 1 is 0.421 bits per heavy atom. The molecule has 5 fully saturated rings. The van der Waals surface area contributed by atoms with Crippen LogP contribution in [0.5, 0.6) is 28.7 Å². The number of halogens is 1. The first-order valence-corrected chi connectivity index (χ1v) is 43.7. The third-order valence-corrected chi connectivity index (χ3v) is 22.1. The molecule has 121 heavy (non-hydrogen) atoms. The molecule has 27 heteroatoms. The lowest BCUT2D eigenvalue weighted by atomic mass is 10.2. The van der Waals surface area contributed by atoms with E-state index in [0.717, 1.165) is 168 Å². The Labute approximate surface area is 719 Å². The Balaban J connectivity index is 0.000000166. The smallest absolute Gasteiger partial charge is 0.357 e. The molecule has 656 valence electrons. The van der Waals surface area contributed by atoms with Crippen LogP contribution in [0.2, 0.25) is 0 Å². The summed E-state index contributed by atoms with van der Waals surface area (Å²) < 4.78 is 41.5. The number of methoxy groups -OCH3 is 1. The molecule has 3 saturated heterocycles. The Morgan fingerprint density at radius 3 is 1.07 bits per heavy atom. The quantitative estimate of drug-likeness (QED) is 0.0173. The number of aryl methyl sites for hydroxylation is 5. The number of phenols is 2. The second-order valence-electron chi connectivity index (χ2n) is 31.4. The van der Waals surface area contributed by atoms with E-state index in [1.807, 2.05) is 105 Å². The van der Waals surface area contributed by atoms with Gasteiger partial charge in [-0.1, -0.05) is 25.7 Å². The van der Waals surface area contributed by atoms with Crippen molar-refractivity contribution < 1.29 is 63.5 Å². The molecule has 0 amide bonds. The fourth-order valence-corrected chi connectivity index (χ4v) is 15.5. The van der Waals surface area contributed by atoms with E-state index in [0.29, 0.717) is 43.0 Å². The topological polar surface area (TPSA) is 289 Å². The highest BCUT2D eigenvalue weighted by molar-refractivity contribution is 6.17. The van der Waals surface area contributed by atoms with Crippen molar-refractivity contribution in [2.45, 2.75) is 229 Å². The summed E-state index contributed by atoms with van der Waals surface area (Å²) in [4.78, 5) is 31.3. The molecule has 3 atom stereocenters. The number of esters is 2. The maximum atomic E-state index is 11.9. The van der Waals surface area contributed by atoms with Crippen LogP contribution in [0.15, 0.2) is 152 Å². The molecule has 15 rings (SSSR count). The van der Waals surface area contributed by atoms with Crippen molar-refractivity contribution in [2.75, 3.05) is 78.7 Å². The van der Waals surface area contributed by atoms with Crippen LogP contribution < -0.4 is 14.2 Å². The third kappa shape index (κ3) is 30.0. The fraction of sp³-hybridized carbons (Fsp3) is 0.500. The van der Waals surface area contributed by atoms with Gasteiger partial charge < -0.3 is 68.7 Å². The Kier molecular flexibility index (Phi) is 39.1. The molecule has 5 aromatic heterocycles. The molecular weight excluding hydrogens is 1550 g/mol. The molecule has 3 unspecified atom stereocenters. The number of carbonyl (C=O) groups is 2. The van der Waals surface area contributed by atoms with Gasteiger partial charge in [0.1, 0.15) is 28.7 Å². The predicted octanol–water partition coefficient (Wildman–Crippen LogP) is 16.6. The zero-order chi connectivity index (χ0) is 86.6. The zero-order valence-corrected chi connectivity index (χ0v) is 73.7. The summed E-state index contributed by atoms with van der Waals surface area (Å²) in [5, 5.41) is 67.6. The predicted molar refractivity (Wildman–Crippen MR) is 473 cm³/mol. The highest BCUT2D eigenvalue weighted by Crippen LogP contribution is 2.28. The van der Waals surface area contributed by atoms with Crippen LogP contribution in [-0.4, -0.2) is 210 Å². The lowest BCUT2D eigenvalue weighted by molar-refractivity contribution is 0.0427. The zero-order valence-electron chi connectivity index (χ0n) is 72.9. The molecule has 8 heterocycles. The number of rotatable bonds is 28. The summed E-state index contributed by atoms with van der Waals surface area (Å²) in [6.45, 7) is 29.9. The van der Waals surface area contributed by atoms with Gasteiger partial charge >= 0.3 is 11.9 Å². The maximum absolute atomic E-state index is 11.9. The Bertz CT molecular complexity index is 4650. The summed E-state index contributed by atoms with van der Waals surface area (Å²) in [6, 6.07) is 48.1. The van der Waals surface area contributed by atoms with Crippen molar-refractivity contribution in [3.63, 3.8) is 0 Å². The van der Waals surface area contributed by atoms with Crippen molar-refractivity contribution in [3.8, 4) is 57.2 Å². The average molecular weight is 1690 g/mol. The van der Waals surface area contributed by atoms with Gasteiger partial charge in [-0.2, -0.15) is 25.5 Å². The molecule has 0 bridgehead atoms. The molecule has 0 radical (unpaired) electrons. The summed E-state index contributed by atoms with van der Waals surface area (Å²) in [5.74, 6) is 2.96. The highest BCUT2D eigenvalue weighted by Gasteiger charge is 2.24. The van der Waals surface area contributed by atoms with Gasteiger partial charge in [-0.25, -0.2) is 33.0 Å². The Hall–Kier alpha value is -9.90. The summed E-state index contributed by atoms with van der Waals surface area (Å²) in [7, 11) is 1.61. The molecule has 26 nitrogen and oxygen atoms in total. The van der Waals surface area contributed by atoms with Gasteiger partial charge in [0.15, 0.2) is 11.4 Å². The molecule has 2 saturated carbocycles. The number of likely N-dealkylation sites (tertiary alicyclic amines) is 3. The number of aromatic nitrogens is 10. The first-order valence-electron chi connectivity index (χ1n) is 43.2. The number of alkyl halides is 1. The number of benzene rings is 5. The number of aliphatic hydroxyl groups excluding tert-OH is 3. The molecule has 5 aromatic carbocycles. The number of nitrogens with zero attached hydrogens (tertiary/aromatic N) is 13. The maximum Gasteiger partial charge on any atom is 0.357 e. The SMILES string of the molecule is CC1CCCN1CCCCl.CCOC(=O)c1cc(C)nn1-c1ccc(O)cc1.CCOC(=O)c1cc(C)nn1-c1ccc(OC)cc1.Cc1cc(CO)n(-c2ccc(O)cc2)n1.Cc1cc(CO)n(-c2ccc(OCCCN3CCCC3C)cc2)n1.Cc1cc(COC2CCCC2)n(-c2ccc(OCCCN3CCCC3C)cc2)n1.OC1CCCC1. The average Bonchev–Trinajstić information content (AvgIpc) is 1.63. The first-order chi connectivity index (χ1) is 58.6. The van der Waals surface area contributed by atoms with Crippen LogP contribution in [0.1, 0.15) is 210 Å². The van der Waals surface area contributed by atoms with E-state index in [9.17, 15) is 19.8 Å².